The summed E-state index contributed by atoms with van der Waals surface area (Å²) in [4.78, 5) is 24.8. The molecule has 4 rings (SSSR count). The van der Waals surface area contributed by atoms with E-state index in [1.807, 2.05) is 29.2 Å². The van der Waals surface area contributed by atoms with Gasteiger partial charge in [0.25, 0.3) is 0 Å². The van der Waals surface area contributed by atoms with Gasteiger partial charge in [-0.05, 0) is 54.8 Å². The number of carbonyl (C=O) groups excluding carboxylic acids is 1. The van der Waals surface area contributed by atoms with Crippen molar-refractivity contribution in [1.82, 2.24) is 9.88 Å². The predicted octanol–water partition coefficient (Wildman–Crippen LogP) is 6.33. The number of hydrogen-bond acceptors (Lipinski definition) is 7. The van der Waals surface area contributed by atoms with Crippen molar-refractivity contribution < 1.29 is 9.53 Å². The SMILES string of the molecule is CSc1cccc2sc(N(CCN3CCOCC3)C(=O)CCCSc3ccc(Cl)cc3)nc12.Cl. The molecule has 3 aromatic rings. The molecule has 0 bridgehead atoms. The van der Waals surface area contributed by atoms with Gasteiger partial charge in [-0.3, -0.25) is 14.6 Å². The quantitative estimate of drug-likeness (QED) is 0.214. The number of fused-ring (bicyclic) bond motifs is 1. The summed E-state index contributed by atoms with van der Waals surface area (Å²) >= 11 is 11.0. The van der Waals surface area contributed by atoms with E-state index in [0.717, 1.165) is 70.3 Å². The number of anilines is 1. The summed E-state index contributed by atoms with van der Waals surface area (Å²) in [6.45, 7) is 4.83. The van der Waals surface area contributed by atoms with Crippen molar-refractivity contribution in [2.75, 3.05) is 56.3 Å². The van der Waals surface area contributed by atoms with Crippen LogP contribution in [-0.4, -0.2) is 67.2 Å². The van der Waals surface area contributed by atoms with Crippen LogP contribution in [0, 0.1) is 0 Å². The van der Waals surface area contributed by atoms with Gasteiger partial charge in [-0.2, -0.15) is 0 Å². The highest BCUT2D eigenvalue weighted by Crippen LogP contribution is 2.34. The van der Waals surface area contributed by atoms with Crippen LogP contribution in [0.5, 0.6) is 0 Å². The van der Waals surface area contributed by atoms with Gasteiger partial charge in [0.2, 0.25) is 5.91 Å². The number of rotatable bonds is 10. The lowest BCUT2D eigenvalue weighted by Gasteiger charge is -2.29. The van der Waals surface area contributed by atoms with Crippen LogP contribution >= 0.6 is 58.9 Å². The Morgan fingerprint density at radius 1 is 1.21 bits per heavy atom. The molecular formula is C24H29Cl2N3O2S3. The van der Waals surface area contributed by atoms with Gasteiger partial charge in [0, 0.05) is 47.4 Å². The Hall–Kier alpha value is -1.00. The van der Waals surface area contributed by atoms with Crippen LogP contribution in [0.4, 0.5) is 5.13 Å². The van der Waals surface area contributed by atoms with E-state index in [2.05, 4.69) is 29.4 Å². The molecule has 5 nitrogen and oxygen atoms in total. The first-order chi connectivity index (χ1) is 16.1. The summed E-state index contributed by atoms with van der Waals surface area (Å²) in [6, 6.07) is 14.1. The Labute approximate surface area is 225 Å². The standard InChI is InChI=1S/C24H28ClN3O2S3.ClH/c1-31-20-4-2-5-21-23(20)26-24(33-21)28(12-11-27-13-15-30-16-14-27)22(29)6-3-17-32-19-9-7-18(25)8-10-19;/h2,4-5,7-10H,3,6,11-17H2,1H3;1H. The molecule has 1 aliphatic rings. The fraction of sp³-hybridized carbons (Fsp3) is 0.417. The summed E-state index contributed by atoms with van der Waals surface area (Å²) in [5.74, 6) is 1.03. The Kier molecular flexibility index (Phi) is 11.3. The molecule has 1 fully saturated rings. The molecule has 0 radical (unpaired) electrons. The van der Waals surface area contributed by atoms with Crippen LogP contribution < -0.4 is 4.90 Å². The van der Waals surface area contributed by atoms with Crippen LogP contribution in [0.3, 0.4) is 0 Å². The molecule has 0 N–H and O–H groups in total. The summed E-state index contributed by atoms with van der Waals surface area (Å²) in [6.07, 6.45) is 3.39. The highest BCUT2D eigenvalue weighted by Gasteiger charge is 2.22. The number of amides is 1. The topological polar surface area (TPSA) is 45.7 Å². The fourth-order valence-electron chi connectivity index (χ4n) is 3.66. The zero-order valence-electron chi connectivity index (χ0n) is 19.1. The third-order valence-electron chi connectivity index (χ3n) is 5.48. The normalized spacial score (nSPS) is 14.2. The van der Waals surface area contributed by atoms with Crippen LogP contribution in [0.15, 0.2) is 52.3 Å². The number of benzene rings is 2. The number of hydrogen-bond donors (Lipinski definition) is 0. The zero-order chi connectivity index (χ0) is 23.0. The maximum Gasteiger partial charge on any atom is 0.228 e. The molecule has 1 saturated heterocycles. The lowest BCUT2D eigenvalue weighted by Crippen LogP contribution is -2.43. The number of para-hydroxylation sites is 1. The van der Waals surface area contributed by atoms with E-state index < -0.39 is 0 Å². The predicted molar refractivity (Wildman–Crippen MR) is 150 cm³/mol. The molecule has 2 aromatic carbocycles. The number of halogens is 2. The van der Waals surface area contributed by atoms with Gasteiger partial charge < -0.3 is 4.74 Å². The van der Waals surface area contributed by atoms with Crippen LogP contribution in [-0.2, 0) is 9.53 Å². The van der Waals surface area contributed by atoms with Crippen molar-refractivity contribution in [3.05, 3.63) is 47.5 Å². The van der Waals surface area contributed by atoms with Gasteiger partial charge in [-0.15, -0.1) is 35.9 Å². The molecular weight excluding hydrogens is 529 g/mol. The molecule has 184 valence electrons. The lowest BCUT2D eigenvalue weighted by atomic mass is 10.3. The van der Waals surface area contributed by atoms with Gasteiger partial charge in [0.1, 0.15) is 0 Å². The van der Waals surface area contributed by atoms with Crippen molar-refractivity contribution in [3.63, 3.8) is 0 Å². The van der Waals surface area contributed by atoms with Gasteiger partial charge in [0.05, 0.1) is 23.4 Å². The van der Waals surface area contributed by atoms with Gasteiger partial charge >= 0.3 is 0 Å². The molecule has 2 heterocycles. The van der Waals surface area contributed by atoms with Crippen molar-refractivity contribution in [2.45, 2.75) is 22.6 Å². The number of nitrogens with zero attached hydrogens (tertiary/aromatic N) is 3. The first kappa shape index (κ1) is 27.6. The second kappa shape index (κ2) is 13.9. The van der Waals surface area contributed by atoms with Crippen molar-refractivity contribution in [1.29, 1.82) is 0 Å². The maximum absolute atomic E-state index is 13.3. The minimum Gasteiger partial charge on any atom is -0.379 e. The van der Waals surface area contributed by atoms with E-state index in [4.69, 9.17) is 21.3 Å². The Balaban J connectivity index is 0.00000324. The van der Waals surface area contributed by atoms with E-state index in [1.54, 1.807) is 34.9 Å². The van der Waals surface area contributed by atoms with Crippen LogP contribution in [0.1, 0.15) is 12.8 Å². The zero-order valence-corrected chi connectivity index (χ0v) is 23.1. The van der Waals surface area contributed by atoms with Crippen LogP contribution in [0.2, 0.25) is 5.02 Å². The summed E-state index contributed by atoms with van der Waals surface area (Å²) in [7, 11) is 0. The molecule has 0 spiro atoms. The summed E-state index contributed by atoms with van der Waals surface area (Å²) in [5.41, 5.74) is 0.993. The number of thioether (sulfide) groups is 2. The number of carbonyl (C=O) groups is 1. The number of ether oxygens (including phenoxy) is 1. The minimum absolute atomic E-state index is 0. The average Bonchev–Trinajstić information content (AvgIpc) is 3.28. The highest BCUT2D eigenvalue weighted by molar-refractivity contribution is 7.99. The lowest BCUT2D eigenvalue weighted by molar-refractivity contribution is -0.118. The van der Waals surface area contributed by atoms with Gasteiger partial charge in [0.15, 0.2) is 5.13 Å². The molecule has 0 unspecified atom stereocenters. The van der Waals surface area contributed by atoms with E-state index in [1.165, 1.54) is 4.90 Å². The summed E-state index contributed by atoms with van der Waals surface area (Å²) in [5, 5.41) is 1.54. The molecule has 0 atom stereocenters. The number of thiazole rings is 1. The third kappa shape index (κ3) is 7.50. The Bertz CT molecular complexity index is 1060. The second-order valence-corrected chi connectivity index (χ2v) is 11.2. The van der Waals surface area contributed by atoms with E-state index in [0.29, 0.717) is 13.0 Å². The minimum atomic E-state index is 0. The van der Waals surface area contributed by atoms with E-state index in [-0.39, 0.29) is 18.3 Å². The summed E-state index contributed by atoms with van der Waals surface area (Å²) < 4.78 is 6.59. The number of morpholine rings is 1. The van der Waals surface area contributed by atoms with Gasteiger partial charge in [-0.1, -0.05) is 29.0 Å². The fourth-order valence-corrected chi connectivity index (χ4v) is 6.31. The van der Waals surface area contributed by atoms with Crippen molar-refractivity contribution in [2.24, 2.45) is 0 Å². The van der Waals surface area contributed by atoms with Gasteiger partial charge in [-0.25, -0.2) is 4.98 Å². The molecule has 10 heteroatoms. The second-order valence-electron chi connectivity index (χ2n) is 7.71. The van der Waals surface area contributed by atoms with E-state index in [9.17, 15) is 4.79 Å². The molecule has 1 aromatic heterocycles. The Morgan fingerprint density at radius 3 is 2.71 bits per heavy atom. The average molecular weight is 559 g/mol. The maximum atomic E-state index is 13.3. The molecule has 0 aliphatic carbocycles. The van der Waals surface area contributed by atoms with E-state index >= 15 is 0 Å². The van der Waals surface area contributed by atoms with Crippen molar-refractivity contribution >= 4 is 80.1 Å². The highest BCUT2D eigenvalue weighted by atomic mass is 35.5. The smallest absolute Gasteiger partial charge is 0.228 e. The largest absolute Gasteiger partial charge is 0.379 e. The molecule has 34 heavy (non-hydrogen) atoms. The van der Waals surface area contributed by atoms with Crippen LogP contribution in [0.25, 0.3) is 10.2 Å². The first-order valence-corrected chi connectivity index (χ1v) is 14.5. The molecule has 1 amide bonds. The number of aromatic nitrogens is 1. The monoisotopic (exact) mass is 557 g/mol. The third-order valence-corrected chi connectivity index (χ3v) is 8.65. The Morgan fingerprint density at radius 2 is 1.97 bits per heavy atom. The molecule has 0 saturated carbocycles. The molecule has 1 aliphatic heterocycles. The first-order valence-electron chi connectivity index (χ1n) is 11.1. The van der Waals surface area contributed by atoms with Crippen molar-refractivity contribution in [3.8, 4) is 0 Å².